The Balaban J connectivity index is 3.16. The molecule has 0 radical (unpaired) electrons. The Kier molecular flexibility index (Phi) is 3.24. The lowest BCUT2D eigenvalue weighted by Crippen LogP contribution is -2.22. The first-order valence-electron chi connectivity index (χ1n) is 4.71. The minimum absolute atomic E-state index is 0.0321. The van der Waals surface area contributed by atoms with Gasteiger partial charge in [-0.25, -0.2) is 0 Å². The second kappa shape index (κ2) is 3.97. The van der Waals surface area contributed by atoms with E-state index in [-0.39, 0.29) is 6.16 Å². The van der Waals surface area contributed by atoms with Crippen molar-refractivity contribution in [3.05, 3.63) is 29.8 Å². The predicted molar refractivity (Wildman–Crippen MR) is 60.8 cm³/mol. The fourth-order valence-electron chi connectivity index (χ4n) is 1.31. The molecule has 0 aliphatic rings. The van der Waals surface area contributed by atoms with Crippen LogP contribution in [0.1, 0.15) is 19.4 Å². The molecule has 0 spiro atoms. The lowest BCUT2D eigenvalue weighted by atomic mass is 10.1. The Morgan fingerprint density at radius 3 is 2.27 bits per heavy atom. The maximum atomic E-state index is 11.8. The number of nitrogen functional groups attached to an aromatic ring is 1. The molecule has 1 aromatic rings. The molecule has 0 aromatic heterocycles. The summed E-state index contributed by atoms with van der Waals surface area (Å²) in [5.41, 5.74) is 6.46. The van der Waals surface area contributed by atoms with Gasteiger partial charge in [-0.05, 0) is 24.6 Å². The molecule has 0 saturated heterocycles. The van der Waals surface area contributed by atoms with Crippen molar-refractivity contribution in [2.75, 3.05) is 11.9 Å². The van der Waals surface area contributed by atoms with Gasteiger partial charge >= 0.3 is 0 Å². The summed E-state index contributed by atoms with van der Waals surface area (Å²) in [5.74, 6) is 0. The minimum atomic E-state index is -3.60. The average molecular weight is 229 g/mol. The van der Waals surface area contributed by atoms with Crippen molar-refractivity contribution in [3.63, 3.8) is 0 Å². The standard InChI is InChI=1S/C10H16NO3P/c1-3-15(13,14)10(2,12)8-4-6-9(11)7-5-8/h4-7,12H,3,11H2,1-2H3,(H,13,14). The second-order valence-corrected chi connectivity index (χ2v) is 6.57. The molecule has 5 heteroatoms. The Bertz CT molecular complexity index is 386. The van der Waals surface area contributed by atoms with E-state index in [9.17, 15) is 14.6 Å². The molecule has 2 unspecified atom stereocenters. The zero-order chi connectivity index (χ0) is 11.7. The Morgan fingerprint density at radius 2 is 1.87 bits per heavy atom. The molecule has 84 valence electrons. The molecule has 4 N–H and O–H groups in total. The molecular formula is C10H16NO3P. The Labute approximate surface area is 89.2 Å². The zero-order valence-corrected chi connectivity index (χ0v) is 9.74. The highest BCUT2D eigenvalue weighted by Crippen LogP contribution is 2.57. The number of rotatable bonds is 3. The molecular weight excluding hydrogens is 213 g/mol. The van der Waals surface area contributed by atoms with E-state index in [1.165, 1.54) is 6.92 Å². The van der Waals surface area contributed by atoms with Crippen molar-refractivity contribution in [1.82, 2.24) is 0 Å². The van der Waals surface area contributed by atoms with E-state index in [4.69, 9.17) is 5.73 Å². The molecule has 0 aliphatic heterocycles. The molecule has 0 aliphatic carbocycles. The number of nitrogens with two attached hydrogens (primary N) is 1. The van der Waals surface area contributed by atoms with E-state index in [2.05, 4.69) is 0 Å². The molecule has 2 atom stereocenters. The highest BCUT2D eigenvalue weighted by Gasteiger charge is 2.41. The fraction of sp³-hybridized carbons (Fsp3) is 0.400. The molecule has 1 rings (SSSR count). The van der Waals surface area contributed by atoms with Gasteiger partial charge in [0.05, 0.1) is 0 Å². The van der Waals surface area contributed by atoms with Crippen molar-refractivity contribution >= 4 is 13.1 Å². The Hall–Kier alpha value is -0.830. The van der Waals surface area contributed by atoms with Crippen molar-refractivity contribution < 1.29 is 14.6 Å². The molecule has 0 bridgehead atoms. The van der Waals surface area contributed by atoms with Gasteiger partial charge in [0.25, 0.3) is 0 Å². The van der Waals surface area contributed by atoms with Gasteiger partial charge in [-0.2, -0.15) is 0 Å². The first-order valence-corrected chi connectivity index (χ1v) is 6.56. The van der Waals surface area contributed by atoms with Crippen molar-refractivity contribution in [2.24, 2.45) is 0 Å². The van der Waals surface area contributed by atoms with Crippen LogP contribution in [0.2, 0.25) is 0 Å². The molecule has 0 amide bonds. The molecule has 0 saturated carbocycles. The van der Waals surface area contributed by atoms with Crippen molar-refractivity contribution in [1.29, 1.82) is 0 Å². The lowest BCUT2D eigenvalue weighted by Gasteiger charge is -2.28. The third kappa shape index (κ3) is 2.23. The summed E-state index contributed by atoms with van der Waals surface area (Å²) >= 11 is 0. The molecule has 1 aromatic carbocycles. The summed E-state index contributed by atoms with van der Waals surface area (Å²) in [6.07, 6.45) is 0.0321. The molecule has 0 fully saturated rings. The highest BCUT2D eigenvalue weighted by atomic mass is 31.2. The summed E-state index contributed by atoms with van der Waals surface area (Å²) in [6.45, 7) is 2.93. The summed E-state index contributed by atoms with van der Waals surface area (Å²) in [7, 11) is -3.60. The van der Waals surface area contributed by atoms with Crippen molar-refractivity contribution in [2.45, 2.75) is 19.2 Å². The van der Waals surface area contributed by atoms with Gasteiger partial charge < -0.3 is 15.7 Å². The fourth-order valence-corrected chi connectivity index (χ4v) is 2.48. The van der Waals surface area contributed by atoms with Crippen LogP contribution in [0.25, 0.3) is 0 Å². The number of benzene rings is 1. The maximum Gasteiger partial charge on any atom is 0.235 e. The highest BCUT2D eigenvalue weighted by molar-refractivity contribution is 7.58. The first-order chi connectivity index (χ1) is 6.81. The second-order valence-electron chi connectivity index (χ2n) is 3.66. The van der Waals surface area contributed by atoms with E-state index >= 15 is 0 Å². The summed E-state index contributed by atoms with van der Waals surface area (Å²) in [4.78, 5) is 9.65. The number of anilines is 1. The normalized spacial score (nSPS) is 19.2. The van der Waals surface area contributed by atoms with Gasteiger partial charge in [0.1, 0.15) is 0 Å². The van der Waals surface area contributed by atoms with E-state index in [0.29, 0.717) is 11.3 Å². The predicted octanol–water partition coefficient (Wildman–Crippen LogP) is 1.72. The molecule has 0 heterocycles. The quantitative estimate of drug-likeness (QED) is 0.544. The monoisotopic (exact) mass is 229 g/mol. The van der Waals surface area contributed by atoms with Crippen LogP contribution in [0, 0.1) is 0 Å². The third-order valence-corrected chi connectivity index (χ3v) is 5.04. The van der Waals surface area contributed by atoms with Crippen LogP contribution >= 0.6 is 7.37 Å². The van der Waals surface area contributed by atoms with E-state index in [0.717, 1.165) is 0 Å². The van der Waals surface area contributed by atoms with Crippen LogP contribution in [0.15, 0.2) is 24.3 Å². The van der Waals surface area contributed by atoms with Gasteiger partial charge in [-0.15, -0.1) is 0 Å². The number of aliphatic hydroxyl groups is 1. The van der Waals surface area contributed by atoms with E-state index in [1.807, 2.05) is 0 Å². The number of hydrogen-bond acceptors (Lipinski definition) is 3. The lowest BCUT2D eigenvalue weighted by molar-refractivity contribution is 0.128. The van der Waals surface area contributed by atoms with Crippen LogP contribution in [0.3, 0.4) is 0 Å². The van der Waals surface area contributed by atoms with Crippen LogP contribution in [0.4, 0.5) is 5.69 Å². The van der Waals surface area contributed by atoms with Crippen molar-refractivity contribution in [3.8, 4) is 0 Å². The molecule has 15 heavy (non-hydrogen) atoms. The van der Waals surface area contributed by atoms with Crippen LogP contribution < -0.4 is 5.73 Å². The SMILES string of the molecule is CCP(=O)(O)C(C)(O)c1ccc(N)cc1. The van der Waals surface area contributed by atoms with Gasteiger partial charge in [0, 0.05) is 11.8 Å². The largest absolute Gasteiger partial charge is 0.399 e. The van der Waals surface area contributed by atoms with Gasteiger partial charge in [-0.1, -0.05) is 19.1 Å². The average Bonchev–Trinajstić information content (AvgIpc) is 2.18. The smallest absolute Gasteiger partial charge is 0.235 e. The zero-order valence-electron chi connectivity index (χ0n) is 8.84. The third-order valence-electron chi connectivity index (χ3n) is 2.57. The summed E-state index contributed by atoms with van der Waals surface area (Å²) in [6, 6.07) is 6.32. The maximum absolute atomic E-state index is 11.8. The van der Waals surface area contributed by atoms with Crippen LogP contribution in [0.5, 0.6) is 0 Å². The summed E-state index contributed by atoms with van der Waals surface area (Å²) in [5, 5.41) is 8.34. The van der Waals surface area contributed by atoms with Gasteiger partial charge in [-0.3, -0.25) is 4.57 Å². The van der Waals surface area contributed by atoms with Gasteiger partial charge in [0.2, 0.25) is 7.37 Å². The van der Waals surface area contributed by atoms with Crippen LogP contribution in [-0.2, 0) is 9.91 Å². The van der Waals surface area contributed by atoms with Crippen LogP contribution in [-0.4, -0.2) is 16.2 Å². The first kappa shape index (κ1) is 12.2. The van der Waals surface area contributed by atoms with E-state index < -0.39 is 12.7 Å². The Morgan fingerprint density at radius 1 is 1.40 bits per heavy atom. The summed E-state index contributed by atoms with van der Waals surface area (Å²) < 4.78 is 11.8. The molecule has 4 nitrogen and oxygen atoms in total. The number of hydrogen-bond donors (Lipinski definition) is 3. The van der Waals surface area contributed by atoms with E-state index in [1.54, 1.807) is 31.2 Å². The topological polar surface area (TPSA) is 83.5 Å². The van der Waals surface area contributed by atoms with Gasteiger partial charge in [0.15, 0.2) is 5.34 Å². The minimum Gasteiger partial charge on any atom is -0.399 e.